The molecule has 0 spiro atoms. The number of rotatable bonds is 5. The lowest BCUT2D eigenvalue weighted by Gasteiger charge is -2.20. The van der Waals surface area contributed by atoms with E-state index in [0.29, 0.717) is 18.7 Å². The summed E-state index contributed by atoms with van der Waals surface area (Å²) in [6, 6.07) is 5.54. The van der Waals surface area contributed by atoms with Gasteiger partial charge in [0.2, 0.25) is 0 Å². The number of ether oxygens (including phenoxy) is 1. The van der Waals surface area contributed by atoms with E-state index in [2.05, 4.69) is 10.6 Å². The molecule has 0 aromatic heterocycles. The fraction of sp³-hybridized carbons (Fsp3) is 0.529. The molecule has 0 unspecified atom stereocenters. The summed E-state index contributed by atoms with van der Waals surface area (Å²) in [6.45, 7) is 8.40. The molecule has 1 rings (SSSR count). The topological polar surface area (TPSA) is 70.7 Å². The number of anilines is 1. The van der Waals surface area contributed by atoms with E-state index in [9.17, 15) is 9.59 Å². The van der Waals surface area contributed by atoms with Gasteiger partial charge < -0.3 is 20.3 Å². The van der Waals surface area contributed by atoms with Crippen LogP contribution < -0.4 is 10.6 Å². The van der Waals surface area contributed by atoms with Crippen molar-refractivity contribution in [2.45, 2.75) is 33.3 Å². The van der Waals surface area contributed by atoms with E-state index >= 15 is 0 Å². The first-order chi connectivity index (χ1) is 10.6. The van der Waals surface area contributed by atoms with Gasteiger partial charge in [-0.05, 0) is 45.4 Å². The minimum Gasteiger partial charge on any atom is -0.444 e. The SMILES string of the molecule is Cc1ccc(C(=O)N(C)C)cc1NCCNC(=O)OC(C)(C)C. The maximum Gasteiger partial charge on any atom is 0.407 e. The fourth-order valence-corrected chi connectivity index (χ4v) is 1.88. The summed E-state index contributed by atoms with van der Waals surface area (Å²) in [5, 5.41) is 5.91. The minimum absolute atomic E-state index is 0.0417. The summed E-state index contributed by atoms with van der Waals surface area (Å²) in [5.41, 5.74) is 2.04. The zero-order valence-electron chi connectivity index (χ0n) is 14.8. The number of hydrogen-bond donors (Lipinski definition) is 2. The molecule has 0 aliphatic rings. The van der Waals surface area contributed by atoms with Crippen LogP contribution in [-0.2, 0) is 4.74 Å². The molecule has 1 aromatic carbocycles. The Hall–Kier alpha value is -2.24. The van der Waals surface area contributed by atoms with Gasteiger partial charge in [0.25, 0.3) is 5.91 Å². The standard InChI is InChI=1S/C17H27N3O3/c1-12-7-8-13(15(21)20(5)6)11-14(12)18-9-10-19-16(22)23-17(2,3)4/h7-8,11,18H,9-10H2,1-6H3,(H,19,22). The van der Waals surface area contributed by atoms with Crippen molar-refractivity contribution in [3.63, 3.8) is 0 Å². The second kappa shape index (κ2) is 7.85. The number of aryl methyl sites for hydroxylation is 1. The van der Waals surface area contributed by atoms with E-state index in [1.807, 2.05) is 45.9 Å². The lowest BCUT2D eigenvalue weighted by atomic mass is 10.1. The van der Waals surface area contributed by atoms with Crippen molar-refractivity contribution in [2.75, 3.05) is 32.5 Å². The van der Waals surface area contributed by atoms with E-state index in [4.69, 9.17) is 4.74 Å². The number of benzene rings is 1. The molecule has 0 radical (unpaired) electrons. The highest BCUT2D eigenvalue weighted by molar-refractivity contribution is 5.95. The molecule has 6 heteroatoms. The first-order valence-corrected chi connectivity index (χ1v) is 7.63. The average molecular weight is 321 g/mol. The first kappa shape index (κ1) is 18.8. The van der Waals surface area contributed by atoms with Crippen LogP contribution in [0.4, 0.5) is 10.5 Å². The van der Waals surface area contributed by atoms with Crippen molar-refractivity contribution in [3.05, 3.63) is 29.3 Å². The van der Waals surface area contributed by atoms with Gasteiger partial charge in [0.05, 0.1) is 0 Å². The maximum atomic E-state index is 12.0. The molecule has 0 heterocycles. The summed E-state index contributed by atoms with van der Waals surface area (Å²) < 4.78 is 5.16. The Morgan fingerprint density at radius 2 is 1.83 bits per heavy atom. The van der Waals surface area contributed by atoms with Crippen LogP contribution in [0.2, 0.25) is 0 Å². The molecule has 2 N–H and O–H groups in total. The second-order valence-electron chi connectivity index (χ2n) is 6.58. The molecule has 0 fully saturated rings. The van der Waals surface area contributed by atoms with Crippen LogP contribution in [0.3, 0.4) is 0 Å². The number of carbonyl (C=O) groups is 2. The van der Waals surface area contributed by atoms with Gasteiger partial charge in [-0.1, -0.05) is 6.07 Å². The van der Waals surface area contributed by atoms with Crippen molar-refractivity contribution in [1.29, 1.82) is 0 Å². The van der Waals surface area contributed by atoms with Gasteiger partial charge in [-0.2, -0.15) is 0 Å². The third-order valence-corrected chi connectivity index (χ3v) is 3.00. The molecule has 128 valence electrons. The Morgan fingerprint density at radius 3 is 2.39 bits per heavy atom. The van der Waals surface area contributed by atoms with E-state index in [0.717, 1.165) is 11.3 Å². The second-order valence-corrected chi connectivity index (χ2v) is 6.58. The van der Waals surface area contributed by atoms with E-state index in [1.165, 1.54) is 0 Å². The predicted octanol–water partition coefficient (Wildman–Crippen LogP) is 2.63. The highest BCUT2D eigenvalue weighted by atomic mass is 16.6. The molecular weight excluding hydrogens is 294 g/mol. The van der Waals surface area contributed by atoms with Gasteiger partial charge in [0.1, 0.15) is 5.60 Å². The van der Waals surface area contributed by atoms with E-state index in [1.54, 1.807) is 19.0 Å². The Kier molecular flexibility index (Phi) is 6.42. The number of nitrogens with zero attached hydrogens (tertiary/aromatic N) is 1. The molecule has 23 heavy (non-hydrogen) atoms. The van der Waals surface area contributed by atoms with Crippen LogP contribution in [0.25, 0.3) is 0 Å². The summed E-state index contributed by atoms with van der Waals surface area (Å²) in [4.78, 5) is 25.1. The van der Waals surface area contributed by atoms with Crippen LogP contribution in [0.1, 0.15) is 36.7 Å². The summed E-state index contributed by atoms with van der Waals surface area (Å²) >= 11 is 0. The molecule has 0 aliphatic carbocycles. The maximum absolute atomic E-state index is 12.0. The van der Waals surface area contributed by atoms with Gasteiger partial charge in [0, 0.05) is 38.4 Å². The Bertz CT molecular complexity index is 563. The van der Waals surface area contributed by atoms with Crippen LogP contribution in [0.5, 0.6) is 0 Å². The number of carbonyl (C=O) groups excluding carboxylic acids is 2. The van der Waals surface area contributed by atoms with Crippen molar-refractivity contribution in [1.82, 2.24) is 10.2 Å². The predicted molar refractivity (Wildman–Crippen MR) is 91.9 cm³/mol. The van der Waals surface area contributed by atoms with Crippen LogP contribution in [0, 0.1) is 6.92 Å². The zero-order chi connectivity index (χ0) is 17.6. The van der Waals surface area contributed by atoms with Crippen LogP contribution in [0.15, 0.2) is 18.2 Å². The zero-order valence-corrected chi connectivity index (χ0v) is 14.8. The quantitative estimate of drug-likeness (QED) is 0.818. The molecule has 0 aliphatic heterocycles. The first-order valence-electron chi connectivity index (χ1n) is 7.63. The molecular formula is C17H27N3O3. The monoisotopic (exact) mass is 321 g/mol. The summed E-state index contributed by atoms with van der Waals surface area (Å²) in [6.07, 6.45) is -0.437. The number of nitrogens with one attached hydrogen (secondary N) is 2. The van der Waals surface area contributed by atoms with E-state index in [-0.39, 0.29) is 5.91 Å². The largest absolute Gasteiger partial charge is 0.444 e. The van der Waals surface area contributed by atoms with Gasteiger partial charge in [0.15, 0.2) is 0 Å². The van der Waals surface area contributed by atoms with Gasteiger partial charge >= 0.3 is 6.09 Å². The number of alkyl carbamates (subject to hydrolysis) is 1. The third kappa shape index (κ3) is 6.59. The molecule has 0 saturated carbocycles. The molecule has 0 bridgehead atoms. The van der Waals surface area contributed by atoms with Crippen molar-refractivity contribution < 1.29 is 14.3 Å². The van der Waals surface area contributed by atoms with E-state index < -0.39 is 11.7 Å². The molecule has 6 nitrogen and oxygen atoms in total. The molecule has 2 amide bonds. The van der Waals surface area contributed by atoms with Gasteiger partial charge in [-0.25, -0.2) is 4.79 Å². The fourth-order valence-electron chi connectivity index (χ4n) is 1.88. The summed E-state index contributed by atoms with van der Waals surface area (Å²) in [5.74, 6) is -0.0417. The molecule has 1 aromatic rings. The minimum atomic E-state index is -0.505. The highest BCUT2D eigenvalue weighted by Crippen LogP contribution is 2.17. The normalized spacial score (nSPS) is 10.9. The average Bonchev–Trinajstić information content (AvgIpc) is 2.42. The highest BCUT2D eigenvalue weighted by Gasteiger charge is 2.15. The van der Waals surface area contributed by atoms with Crippen LogP contribution in [-0.4, -0.2) is 49.7 Å². The lowest BCUT2D eigenvalue weighted by Crippen LogP contribution is -2.35. The number of amides is 2. The summed E-state index contributed by atoms with van der Waals surface area (Å²) in [7, 11) is 3.44. The third-order valence-electron chi connectivity index (χ3n) is 3.00. The Morgan fingerprint density at radius 1 is 1.17 bits per heavy atom. The van der Waals surface area contributed by atoms with Crippen molar-refractivity contribution >= 4 is 17.7 Å². The molecule has 0 atom stereocenters. The Labute approximate surface area is 138 Å². The van der Waals surface area contributed by atoms with Crippen molar-refractivity contribution in [2.24, 2.45) is 0 Å². The number of hydrogen-bond acceptors (Lipinski definition) is 4. The lowest BCUT2D eigenvalue weighted by molar-refractivity contribution is 0.0530. The Balaban J connectivity index is 2.53. The van der Waals surface area contributed by atoms with Gasteiger partial charge in [-0.3, -0.25) is 4.79 Å². The molecule has 0 saturated heterocycles. The smallest absolute Gasteiger partial charge is 0.407 e. The van der Waals surface area contributed by atoms with Crippen molar-refractivity contribution in [3.8, 4) is 0 Å². The van der Waals surface area contributed by atoms with Gasteiger partial charge in [-0.15, -0.1) is 0 Å². The van der Waals surface area contributed by atoms with Crippen LogP contribution >= 0.6 is 0 Å².